The van der Waals surface area contributed by atoms with E-state index >= 15 is 0 Å². The van der Waals surface area contributed by atoms with Crippen LogP contribution in [0.25, 0.3) is 0 Å². The molecule has 3 nitrogen and oxygen atoms in total. The van der Waals surface area contributed by atoms with Crippen LogP contribution >= 0.6 is 0 Å². The maximum atomic E-state index is 13.4. The van der Waals surface area contributed by atoms with Gasteiger partial charge in [0.25, 0.3) is 0 Å². The van der Waals surface area contributed by atoms with Crippen molar-refractivity contribution in [2.75, 3.05) is 7.11 Å². The van der Waals surface area contributed by atoms with Crippen molar-refractivity contribution in [2.45, 2.75) is 19.3 Å². The molecule has 2 N–H and O–H groups in total. The van der Waals surface area contributed by atoms with Crippen molar-refractivity contribution in [1.82, 2.24) is 0 Å². The molecule has 3 rings (SSSR count). The van der Waals surface area contributed by atoms with E-state index in [4.69, 9.17) is 15.2 Å². The molecule has 20 heavy (non-hydrogen) atoms. The van der Waals surface area contributed by atoms with Crippen LogP contribution in [0.3, 0.4) is 0 Å². The Bertz CT molecular complexity index is 631. The van der Waals surface area contributed by atoms with Gasteiger partial charge in [-0.3, -0.25) is 0 Å². The van der Waals surface area contributed by atoms with Gasteiger partial charge in [0.2, 0.25) is 0 Å². The molecule has 2 aromatic carbocycles. The van der Waals surface area contributed by atoms with Gasteiger partial charge in [-0.1, -0.05) is 24.3 Å². The SMILES string of the molecule is COc1cc(C(N)c2ccc3c(c2)COC3)ccc1F. The highest BCUT2D eigenvalue weighted by molar-refractivity contribution is 5.41. The monoisotopic (exact) mass is 273 g/mol. The first-order valence-corrected chi connectivity index (χ1v) is 6.47. The first kappa shape index (κ1) is 13.1. The van der Waals surface area contributed by atoms with Crippen LogP contribution in [0.4, 0.5) is 4.39 Å². The third-order valence-electron chi connectivity index (χ3n) is 3.64. The molecule has 1 heterocycles. The zero-order valence-electron chi connectivity index (χ0n) is 11.2. The number of ether oxygens (including phenoxy) is 2. The van der Waals surface area contributed by atoms with Crippen molar-refractivity contribution in [2.24, 2.45) is 5.73 Å². The fraction of sp³-hybridized carbons (Fsp3) is 0.250. The number of hydrogen-bond donors (Lipinski definition) is 1. The molecule has 1 aliphatic rings. The van der Waals surface area contributed by atoms with Gasteiger partial charge >= 0.3 is 0 Å². The van der Waals surface area contributed by atoms with Crippen LogP contribution in [-0.2, 0) is 18.0 Å². The van der Waals surface area contributed by atoms with Crippen LogP contribution in [0.5, 0.6) is 5.75 Å². The Morgan fingerprint density at radius 3 is 2.60 bits per heavy atom. The van der Waals surface area contributed by atoms with Gasteiger partial charge in [0.1, 0.15) is 0 Å². The lowest BCUT2D eigenvalue weighted by Gasteiger charge is -2.15. The molecule has 0 saturated carbocycles. The van der Waals surface area contributed by atoms with Crippen molar-refractivity contribution in [3.63, 3.8) is 0 Å². The average molecular weight is 273 g/mol. The van der Waals surface area contributed by atoms with Crippen molar-refractivity contribution in [3.05, 3.63) is 64.5 Å². The maximum Gasteiger partial charge on any atom is 0.165 e. The van der Waals surface area contributed by atoms with Gasteiger partial charge in [-0.25, -0.2) is 4.39 Å². The normalized spacial score (nSPS) is 14.9. The van der Waals surface area contributed by atoms with Crippen LogP contribution in [0, 0.1) is 5.82 Å². The summed E-state index contributed by atoms with van der Waals surface area (Å²) in [7, 11) is 1.44. The predicted octanol–water partition coefficient (Wildman–Crippen LogP) is 2.91. The molecule has 0 amide bonds. The fourth-order valence-corrected chi connectivity index (χ4v) is 2.45. The lowest BCUT2D eigenvalue weighted by atomic mass is 9.96. The van der Waals surface area contributed by atoms with Crippen LogP contribution in [0.1, 0.15) is 28.3 Å². The van der Waals surface area contributed by atoms with E-state index in [1.165, 1.54) is 24.3 Å². The summed E-state index contributed by atoms with van der Waals surface area (Å²) < 4.78 is 23.8. The Hall–Kier alpha value is -1.91. The molecule has 1 unspecified atom stereocenters. The summed E-state index contributed by atoms with van der Waals surface area (Å²) in [4.78, 5) is 0. The maximum absolute atomic E-state index is 13.4. The number of halogens is 1. The molecule has 0 spiro atoms. The Labute approximate surface area is 117 Å². The second-order valence-electron chi connectivity index (χ2n) is 4.89. The average Bonchev–Trinajstić information content (AvgIpc) is 2.94. The number of fused-ring (bicyclic) bond motifs is 1. The first-order chi connectivity index (χ1) is 9.69. The van der Waals surface area contributed by atoms with E-state index in [2.05, 4.69) is 6.07 Å². The zero-order chi connectivity index (χ0) is 14.1. The van der Waals surface area contributed by atoms with Crippen LogP contribution in [-0.4, -0.2) is 7.11 Å². The summed E-state index contributed by atoms with van der Waals surface area (Å²) in [5.74, 6) is -0.173. The third kappa shape index (κ3) is 2.28. The highest BCUT2D eigenvalue weighted by atomic mass is 19.1. The molecule has 0 fully saturated rings. The van der Waals surface area contributed by atoms with Crippen molar-refractivity contribution in [1.29, 1.82) is 0 Å². The molecule has 0 aromatic heterocycles. The molecule has 2 aromatic rings. The Balaban J connectivity index is 1.94. The van der Waals surface area contributed by atoms with E-state index in [1.54, 1.807) is 12.1 Å². The molecule has 104 valence electrons. The van der Waals surface area contributed by atoms with Gasteiger partial charge in [-0.2, -0.15) is 0 Å². The van der Waals surface area contributed by atoms with Crippen molar-refractivity contribution < 1.29 is 13.9 Å². The predicted molar refractivity (Wildman–Crippen MR) is 73.9 cm³/mol. The minimum absolute atomic E-state index is 0.211. The molecular formula is C16H16FNO2. The first-order valence-electron chi connectivity index (χ1n) is 6.47. The Morgan fingerprint density at radius 2 is 1.80 bits per heavy atom. The second kappa shape index (κ2) is 5.23. The number of hydrogen-bond acceptors (Lipinski definition) is 3. The van der Waals surface area contributed by atoms with E-state index in [0.29, 0.717) is 13.2 Å². The highest BCUT2D eigenvalue weighted by Crippen LogP contribution is 2.28. The van der Waals surface area contributed by atoms with Crippen LogP contribution in [0.2, 0.25) is 0 Å². The Morgan fingerprint density at radius 1 is 1.10 bits per heavy atom. The molecule has 4 heteroatoms. The van der Waals surface area contributed by atoms with E-state index in [0.717, 1.165) is 11.1 Å². The lowest BCUT2D eigenvalue weighted by Crippen LogP contribution is -2.12. The van der Waals surface area contributed by atoms with Gasteiger partial charge in [-0.15, -0.1) is 0 Å². The molecule has 0 saturated heterocycles. The lowest BCUT2D eigenvalue weighted by molar-refractivity contribution is 0.134. The summed E-state index contributed by atoms with van der Waals surface area (Å²) in [6.45, 7) is 1.29. The van der Waals surface area contributed by atoms with E-state index in [1.807, 2.05) is 12.1 Å². The van der Waals surface area contributed by atoms with Gasteiger partial charge in [-0.05, 0) is 34.4 Å². The van der Waals surface area contributed by atoms with Gasteiger partial charge in [0, 0.05) is 0 Å². The summed E-state index contributed by atoms with van der Waals surface area (Å²) >= 11 is 0. The topological polar surface area (TPSA) is 44.5 Å². The molecule has 0 bridgehead atoms. The summed E-state index contributed by atoms with van der Waals surface area (Å²) in [5, 5.41) is 0. The minimum atomic E-state index is -0.384. The minimum Gasteiger partial charge on any atom is -0.494 e. The summed E-state index contributed by atoms with van der Waals surface area (Å²) in [6.07, 6.45) is 0. The van der Waals surface area contributed by atoms with Crippen molar-refractivity contribution >= 4 is 0 Å². The Kier molecular flexibility index (Phi) is 3.42. The van der Waals surface area contributed by atoms with E-state index in [9.17, 15) is 4.39 Å². The van der Waals surface area contributed by atoms with E-state index in [-0.39, 0.29) is 17.6 Å². The number of benzene rings is 2. The fourth-order valence-electron chi connectivity index (χ4n) is 2.45. The van der Waals surface area contributed by atoms with Gasteiger partial charge in [0.05, 0.1) is 26.4 Å². The standard InChI is InChI=1S/C16H16FNO2/c1-19-15-7-11(4-5-14(15)17)16(18)10-2-3-12-8-20-9-13(12)6-10/h2-7,16H,8-9,18H2,1H3. The smallest absolute Gasteiger partial charge is 0.165 e. The molecule has 0 aliphatic carbocycles. The van der Waals surface area contributed by atoms with E-state index < -0.39 is 0 Å². The number of nitrogens with two attached hydrogens (primary N) is 1. The molecule has 0 radical (unpaired) electrons. The number of rotatable bonds is 3. The number of methoxy groups -OCH3 is 1. The summed E-state index contributed by atoms with van der Waals surface area (Å²) in [6, 6.07) is 10.5. The highest BCUT2D eigenvalue weighted by Gasteiger charge is 2.16. The molecule has 1 atom stereocenters. The second-order valence-corrected chi connectivity index (χ2v) is 4.89. The van der Waals surface area contributed by atoms with Gasteiger partial charge in [0.15, 0.2) is 11.6 Å². The van der Waals surface area contributed by atoms with Crippen LogP contribution in [0.15, 0.2) is 36.4 Å². The van der Waals surface area contributed by atoms with Crippen molar-refractivity contribution in [3.8, 4) is 5.75 Å². The van der Waals surface area contributed by atoms with Crippen LogP contribution < -0.4 is 10.5 Å². The third-order valence-corrected chi connectivity index (χ3v) is 3.64. The summed E-state index contributed by atoms with van der Waals surface area (Å²) in [5.41, 5.74) is 10.5. The zero-order valence-corrected chi connectivity index (χ0v) is 11.2. The largest absolute Gasteiger partial charge is 0.494 e. The quantitative estimate of drug-likeness (QED) is 0.935. The van der Waals surface area contributed by atoms with Gasteiger partial charge < -0.3 is 15.2 Å². The molecular weight excluding hydrogens is 257 g/mol. The molecule has 1 aliphatic heterocycles.